The van der Waals surface area contributed by atoms with Gasteiger partial charge in [-0.3, -0.25) is 4.79 Å². The monoisotopic (exact) mass is 510 g/mol. The lowest BCUT2D eigenvalue weighted by Gasteiger charge is -2.29. The molecular formula is C21H17BrClFN2O3S. The maximum atomic E-state index is 14.5. The number of nitrogens with two attached hydrogens (primary N) is 1. The van der Waals surface area contributed by atoms with E-state index in [4.69, 9.17) is 17.3 Å². The van der Waals surface area contributed by atoms with Crippen LogP contribution >= 0.6 is 27.5 Å². The summed E-state index contributed by atoms with van der Waals surface area (Å²) in [6.45, 7) is -0.396. The third kappa shape index (κ3) is 4.89. The number of carbonyl (C=O) groups excluding carboxylic acids is 1. The van der Waals surface area contributed by atoms with E-state index in [1.807, 2.05) is 0 Å². The summed E-state index contributed by atoms with van der Waals surface area (Å²) in [6.07, 6.45) is 0. The highest BCUT2D eigenvalue weighted by Crippen LogP contribution is 2.31. The molecule has 0 saturated carbocycles. The first kappa shape index (κ1) is 22.4. The van der Waals surface area contributed by atoms with Crippen LogP contribution in [0.4, 0.5) is 4.39 Å². The van der Waals surface area contributed by atoms with Gasteiger partial charge in [0, 0.05) is 21.6 Å². The fourth-order valence-corrected chi connectivity index (χ4v) is 5.00. The number of hydrogen-bond acceptors (Lipinski definition) is 3. The van der Waals surface area contributed by atoms with Crippen LogP contribution in [0.3, 0.4) is 0 Å². The molecular weight excluding hydrogens is 495 g/mol. The lowest BCUT2D eigenvalue weighted by Crippen LogP contribution is -2.41. The first-order chi connectivity index (χ1) is 14.2. The number of primary amides is 1. The molecule has 0 saturated heterocycles. The lowest BCUT2D eigenvalue weighted by atomic mass is 10.1. The Hall–Kier alpha value is -2.26. The third-order valence-corrected chi connectivity index (χ3v) is 7.00. The fraction of sp³-hybridized carbons (Fsp3) is 0.0952. The van der Waals surface area contributed by atoms with Crippen LogP contribution in [0.2, 0.25) is 5.02 Å². The summed E-state index contributed by atoms with van der Waals surface area (Å²) in [4.78, 5) is 12.3. The smallest absolute Gasteiger partial charge is 0.244 e. The quantitative estimate of drug-likeness (QED) is 0.501. The van der Waals surface area contributed by atoms with E-state index in [2.05, 4.69) is 15.9 Å². The molecule has 0 bridgehead atoms. The summed E-state index contributed by atoms with van der Waals surface area (Å²) < 4.78 is 42.9. The molecule has 0 aromatic heterocycles. The van der Waals surface area contributed by atoms with Gasteiger partial charge in [0.05, 0.1) is 4.90 Å². The van der Waals surface area contributed by atoms with Gasteiger partial charge in [0.25, 0.3) is 0 Å². The number of rotatable bonds is 7. The molecule has 156 valence electrons. The molecule has 1 amide bonds. The van der Waals surface area contributed by atoms with Crippen LogP contribution in [0.1, 0.15) is 17.2 Å². The van der Waals surface area contributed by atoms with E-state index >= 15 is 0 Å². The number of carbonyl (C=O) groups is 1. The molecule has 0 aliphatic heterocycles. The zero-order valence-electron chi connectivity index (χ0n) is 15.5. The van der Waals surface area contributed by atoms with E-state index in [-0.39, 0.29) is 10.5 Å². The highest BCUT2D eigenvalue weighted by atomic mass is 79.9. The van der Waals surface area contributed by atoms with Gasteiger partial charge in [0.15, 0.2) is 0 Å². The average Bonchev–Trinajstić information content (AvgIpc) is 2.70. The molecule has 3 rings (SSSR count). The number of benzene rings is 3. The Kier molecular flexibility index (Phi) is 6.92. The first-order valence-corrected chi connectivity index (χ1v) is 11.4. The van der Waals surface area contributed by atoms with Gasteiger partial charge in [-0.2, -0.15) is 4.31 Å². The van der Waals surface area contributed by atoms with Gasteiger partial charge >= 0.3 is 0 Å². The minimum absolute atomic E-state index is 0.0911. The zero-order valence-corrected chi connectivity index (χ0v) is 18.7. The van der Waals surface area contributed by atoms with Crippen molar-refractivity contribution in [2.75, 3.05) is 0 Å². The summed E-state index contributed by atoms with van der Waals surface area (Å²) >= 11 is 9.05. The lowest BCUT2D eigenvalue weighted by molar-refractivity contribution is -0.122. The highest BCUT2D eigenvalue weighted by molar-refractivity contribution is 9.10. The summed E-state index contributed by atoms with van der Waals surface area (Å²) in [5, 5.41) is 0.356. The van der Waals surface area contributed by atoms with Crippen molar-refractivity contribution in [1.82, 2.24) is 4.31 Å². The number of hydrogen-bond donors (Lipinski definition) is 1. The minimum Gasteiger partial charge on any atom is -0.368 e. The van der Waals surface area contributed by atoms with E-state index < -0.39 is 34.3 Å². The van der Waals surface area contributed by atoms with Gasteiger partial charge in [-0.15, -0.1) is 0 Å². The van der Waals surface area contributed by atoms with Crippen LogP contribution in [0.25, 0.3) is 0 Å². The van der Waals surface area contributed by atoms with Crippen molar-refractivity contribution in [2.45, 2.75) is 17.5 Å². The Morgan fingerprint density at radius 1 is 1.07 bits per heavy atom. The topological polar surface area (TPSA) is 80.5 Å². The Balaban J connectivity index is 2.16. The van der Waals surface area contributed by atoms with Crippen LogP contribution in [0.15, 0.2) is 82.2 Å². The Morgan fingerprint density at radius 3 is 2.27 bits per heavy atom. The number of amides is 1. The van der Waals surface area contributed by atoms with Crippen molar-refractivity contribution in [2.24, 2.45) is 5.73 Å². The molecule has 9 heteroatoms. The van der Waals surface area contributed by atoms with Crippen molar-refractivity contribution in [3.05, 3.63) is 99.2 Å². The molecule has 1 atom stereocenters. The summed E-state index contributed by atoms with van der Waals surface area (Å²) in [5.41, 5.74) is 6.09. The predicted octanol–water partition coefficient (Wildman–Crippen LogP) is 4.66. The van der Waals surface area contributed by atoms with Gasteiger partial charge in [0.1, 0.15) is 11.9 Å². The molecule has 3 aromatic rings. The molecule has 0 heterocycles. The Labute approximate surface area is 187 Å². The van der Waals surface area contributed by atoms with Crippen LogP contribution in [-0.4, -0.2) is 18.6 Å². The van der Waals surface area contributed by atoms with Gasteiger partial charge in [0.2, 0.25) is 15.9 Å². The van der Waals surface area contributed by atoms with E-state index in [1.54, 1.807) is 36.4 Å². The van der Waals surface area contributed by atoms with Crippen LogP contribution in [0.5, 0.6) is 0 Å². The van der Waals surface area contributed by atoms with Crippen LogP contribution in [-0.2, 0) is 21.4 Å². The molecule has 0 aliphatic rings. The van der Waals surface area contributed by atoms with Gasteiger partial charge < -0.3 is 5.73 Å². The van der Waals surface area contributed by atoms with Crippen molar-refractivity contribution in [3.63, 3.8) is 0 Å². The molecule has 0 spiro atoms. The van der Waals surface area contributed by atoms with Crippen molar-refractivity contribution in [3.8, 4) is 0 Å². The number of halogens is 3. The normalized spacial score (nSPS) is 12.7. The second kappa shape index (κ2) is 9.26. The molecule has 3 aromatic carbocycles. The van der Waals surface area contributed by atoms with Gasteiger partial charge in [-0.1, -0.05) is 63.9 Å². The van der Waals surface area contributed by atoms with E-state index in [1.165, 1.54) is 36.4 Å². The molecule has 0 fully saturated rings. The van der Waals surface area contributed by atoms with Crippen molar-refractivity contribution < 1.29 is 17.6 Å². The second-order valence-electron chi connectivity index (χ2n) is 6.46. The van der Waals surface area contributed by atoms with Crippen LogP contribution < -0.4 is 5.73 Å². The number of sulfonamides is 1. The second-order valence-corrected chi connectivity index (χ2v) is 9.70. The van der Waals surface area contributed by atoms with E-state index in [9.17, 15) is 17.6 Å². The molecule has 2 N–H and O–H groups in total. The zero-order chi connectivity index (χ0) is 21.9. The fourth-order valence-electron chi connectivity index (χ4n) is 2.98. The Bertz CT molecular complexity index is 1160. The average molecular weight is 512 g/mol. The standard InChI is InChI=1S/C21H17BrClFN2O3S/c22-16-7-6-15(19(24)12-16)13-26(20(21(25)27)14-4-2-1-3-5-14)30(28,29)18-10-8-17(23)9-11-18/h1-12,20H,13H2,(H2,25,27)/t20-/m1/s1. The molecule has 0 aliphatic carbocycles. The van der Waals surface area contributed by atoms with Crippen LogP contribution in [0, 0.1) is 5.82 Å². The predicted molar refractivity (Wildman–Crippen MR) is 117 cm³/mol. The number of nitrogens with zero attached hydrogens (tertiary/aromatic N) is 1. The largest absolute Gasteiger partial charge is 0.368 e. The molecule has 5 nitrogen and oxygen atoms in total. The molecule has 0 unspecified atom stereocenters. The maximum absolute atomic E-state index is 14.5. The minimum atomic E-state index is -4.24. The van der Waals surface area contributed by atoms with Gasteiger partial charge in [-0.05, 0) is 42.0 Å². The van der Waals surface area contributed by atoms with Crippen molar-refractivity contribution >= 4 is 43.5 Å². The Morgan fingerprint density at radius 2 is 1.70 bits per heavy atom. The summed E-state index contributed by atoms with van der Waals surface area (Å²) in [6, 6.07) is 16.7. The maximum Gasteiger partial charge on any atom is 0.244 e. The third-order valence-electron chi connectivity index (χ3n) is 4.43. The van der Waals surface area contributed by atoms with Crippen molar-refractivity contribution in [1.29, 1.82) is 0 Å². The first-order valence-electron chi connectivity index (χ1n) is 8.76. The highest BCUT2D eigenvalue weighted by Gasteiger charge is 2.36. The molecule has 30 heavy (non-hydrogen) atoms. The summed E-state index contributed by atoms with van der Waals surface area (Å²) in [5.74, 6) is -1.49. The summed E-state index contributed by atoms with van der Waals surface area (Å²) in [7, 11) is -4.24. The van der Waals surface area contributed by atoms with E-state index in [0.29, 0.717) is 15.1 Å². The van der Waals surface area contributed by atoms with E-state index in [0.717, 1.165) is 4.31 Å². The van der Waals surface area contributed by atoms with Gasteiger partial charge in [-0.25, -0.2) is 12.8 Å². The SMILES string of the molecule is NC(=O)[C@@H](c1ccccc1)N(Cc1ccc(Br)cc1F)S(=O)(=O)c1ccc(Cl)cc1. The molecule has 0 radical (unpaired) electrons.